The standard InChI is InChI=1S/C32H40O4/c1-5-10-24(3)22-35-30(33)32(31(34)36-23-25(4)11-6-2)20-18-29(19-21-32)28-16-14-27(15-17-28)26-12-8-7-9-13-26/h7-9,12-20,24-25H,5-6,10-11,21-23H2,1-4H3/t24-,25-/m0/s1. The van der Waals surface area contributed by atoms with Gasteiger partial charge in [0.15, 0.2) is 5.41 Å². The lowest BCUT2D eigenvalue weighted by Gasteiger charge is -2.29. The monoisotopic (exact) mass is 488 g/mol. The summed E-state index contributed by atoms with van der Waals surface area (Å²) in [5, 5.41) is 0. The van der Waals surface area contributed by atoms with Crippen LogP contribution < -0.4 is 0 Å². The molecule has 4 heteroatoms. The van der Waals surface area contributed by atoms with Crippen molar-refractivity contribution in [3.8, 4) is 11.1 Å². The molecule has 0 N–H and O–H groups in total. The molecule has 192 valence electrons. The van der Waals surface area contributed by atoms with Crippen molar-refractivity contribution >= 4 is 17.5 Å². The second-order valence-corrected chi connectivity index (χ2v) is 10.1. The maximum Gasteiger partial charge on any atom is 0.327 e. The molecule has 0 aliphatic heterocycles. The summed E-state index contributed by atoms with van der Waals surface area (Å²) in [6, 6.07) is 18.6. The molecule has 3 rings (SSSR count). The average molecular weight is 489 g/mol. The summed E-state index contributed by atoms with van der Waals surface area (Å²) in [5.74, 6) is -0.550. The zero-order chi connectivity index (χ0) is 26.0. The molecule has 0 saturated carbocycles. The van der Waals surface area contributed by atoms with Crippen LogP contribution in [0.15, 0.2) is 72.8 Å². The molecular formula is C32H40O4. The van der Waals surface area contributed by atoms with Gasteiger partial charge in [-0.15, -0.1) is 0 Å². The summed E-state index contributed by atoms with van der Waals surface area (Å²) in [4.78, 5) is 26.6. The van der Waals surface area contributed by atoms with Gasteiger partial charge in [-0.1, -0.05) is 113 Å². The second-order valence-electron chi connectivity index (χ2n) is 10.1. The van der Waals surface area contributed by atoms with Crippen LogP contribution in [0.1, 0.15) is 65.4 Å². The van der Waals surface area contributed by atoms with Gasteiger partial charge in [0.05, 0.1) is 13.2 Å². The van der Waals surface area contributed by atoms with E-state index in [9.17, 15) is 9.59 Å². The Hall–Kier alpha value is -3.14. The summed E-state index contributed by atoms with van der Waals surface area (Å²) in [5.41, 5.74) is 2.88. The molecule has 0 spiro atoms. The van der Waals surface area contributed by atoms with Gasteiger partial charge in [-0.25, -0.2) is 0 Å². The normalized spacial score (nSPS) is 16.1. The highest BCUT2D eigenvalue weighted by Crippen LogP contribution is 2.37. The van der Waals surface area contributed by atoms with Crippen molar-refractivity contribution in [2.75, 3.05) is 13.2 Å². The lowest BCUT2D eigenvalue weighted by Crippen LogP contribution is -2.42. The predicted molar refractivity (Wildman–Crippen MR) is 146 cm³/mol. The summed E-state index contributed by atoms with van der Waals surface area (Å²) < 4.78 is 11.3. The van der Waals surface area contributed by atoms with E-state index in [1.54, 1.807) is 6.08 Å². The Balaban J connectivity index is 1.77. The van der Waals surface area contributed by atoms with E-state index in [-0.39, 0.29) is 18.3 Å². The smallest absolute Gasteiger partial charge is 0.327 e. The first kappa shape index (κ1) is 27.4. The SMILES string of the molecule is CCC[C@H](C)COC(=O)C1(C(=O)OC[C@@H](C)CCC)C=CC(c2ccc(-c3ccccc3)cc2)=CC1. The Morgan fingerprint density at radius 3 is 1.75 bits per heavy atom. The lowest BCUT2D eigenvalue weighted by molar-refractivity contribution is -0.170. The van der Waals surface area contributed by atoms with E-state index in [0.29, 0.717) is 13.2 Å². The first-order valence-corrected chi connectivity index (χ1v) is 13.3. The third-order valence-corrected chi connectivity index (χ3v) is 6.81. The first-order valence-electron chi connectivity index (χ1n) is 13.3. The second kappa shape index (κ2) is 13.2. The molecule has 36 heavy (non-hydrogen) atoms. The van der Waals surface area contributed by atoms with Gasteiger partial charge in [-0.05, 0) is 53.4 Å². The molecule has 4 nitrogen and oxygen atoms in total. The molecule has 1 aliphatic rings. The molecule has 0 fully saturated rings. The first-order chi connectivity index (χ1) is 17.4. The third kappa shape index (κ3) is 6.96. The third-order valence-electron chi connectivity index (χ3n) is 6.81. The van der Waals surface area contributed by atoms with Crippen LogP contribution in [0.5, 0.6) is 0 Å². The van der Waals surface area contributed by atoms with Crippen LogP contribution in [0.4, 0.5) is 0 Å². The molecular weight excluding hydrogens is 448 g/mol. The van der Waals surface area contributed by atoms with Gasteiger partial charge in [0.2, 0.25) is 0 Å². The van der Waals surface area contributed by atoms with Gasteiger partial charge in [0.1, 0.15) is 0 Å². The molecule has 2 aromatic carbocycles. The molecule has 0 amide bonds. The number of ether oxygens (including phenoxy) is 2. The maximum atomic E-state index is 13.3. The molecule has 2 atom stereocenters. The fourth-order valence-electron chi connectivity index (χ4n) is 4.57. The van der Waals surface area contributed by atoms with Crippen LogP contribution in [-0.4, -0.2) is 25.2 Å². The number of carbonyl (C=O) groups excluding carboxylic acids is 2. The number of allylic oxidation sites excluding steroid dienone is 3. The number of benzene rings is 2. The zero-order valence-electron chi connectivity index (χ0n) is 22.2. The van der Waals surface area contributed by atoms with Crippen molar-refractivity contribution in [3.05, 3.63) is 78.4 Å². The Bertz CT molecular complexity index is 1020. The number of hydrogen-bond acceptors (Lipinski definition) is 4. The number of rotatable bonds is 12. The van der Waals surface area contributed by atoms with Crippen LogP contribution >= 0.6 is 0 Å². The largest absolute Gasteiger partial charge is 0.464 e. The molecule has 2 aromatic rings. The number of carbonyl (C=O) groups is 2. The summed E-state index contributed by atoms with van der Waals surface area (Å²) in [6.45, 7) is 8.94. The molecule has 0 unspecified atom stereocenters. The predicted octanol–water partition coefficient (Wildman–Crippen LogP) is 7.64. The van der Waals surface area contributed by atoms with Crippen LogP contribution in [0.2, 0.25) is 0 Å². The van der Waals surface area contributed by atoms with Gasteiger partial charge in [0.25, 0.3) is 0 Å². The van der Waals surface area contributed by atoms with E-state index in [0.717, 1.165) is 47.9 Å². The Labute approximate surface area is 216 Å². The maximum absolute atomic E-state index is 13.3. The van der Waals surface area contributed by atoms with Crippen LogP contribution in [0.3, 0.4) is 0 Å². The van der Waals surface area contributed by atoms with E-state index in [1.165, 1.54) is 0 Å². The van der Waals surface area contributed by atoms with E-state index in [2.05, 4.69) is 64.1 Å². The van der Waals surface area contributed by atoms with E-state index < -0.39 is 17.4 Å². The molecule has 1 aliphatic carbocycles. The van der Waals surface area contributed by atoms with Crippen molar-refractivity contribution in [2.45, 2.75) is 59.8 Å². The van der Waals surface area contributed by atoms with Gasteiger partial charge >= 0.3 is 11.9 Å². The molecule has 0 radical (unpaired) electrons. The minimum absolute atomic E-state index is 0.223. The quantitative estimate of drug-likeness (QED) is 0.227. The highest BCUT2D eigenvalue weighted by Gasteiger charge is 2.47. The molecule has 0 heterocycles. The number of hydrogen-bond donors (Lipinski definition) is 0. The highest BCUT2D eigenvalue weighted by molar-refractivity contribution is 6.04. The Morgan fingerprint density at radius 2 is 1.28 bits per heavy atom. The van der Waals surface area contributed by atoms with E-state index >= 15 is 0 Å². The Morgan fingerprint density at radius 1 is 0.778 bits per heavy atom. The highest BCUT2D eigenvalue weighted by atomic mass is 16.6. The lowest BCUT2D eigenvalue weighted by atomic mass is 9.78. The van der Waals surface area contributed by atoms with Gasteiger partial charge in [-0.2, -0.15) is 0 Å². The fourth-order valence-corrected chi connectivity index (χ4v) is 4.57. The van der Waals surface area contributed by atoms with Crippen molar-refractivity contribution in [3.63, 3.8) is 0 Å². The van der Waals surface area contributed by atoms with Crippen LogP contribution in [0, 0.1) is 17.3 Å². The van der Waals surface area contributed by atoms with Crippen molar-refractivity contribution < 1.29 is 19.1 Å². The van der Waals surface area contributed by atoms with Gasteiger partial charge in [0, 0.05) is 0 Å². The Kier molecular flexibility index (Phi) is 10.1. The number of esters is 2. The van der Waals surface area contributed by atoms with Crippen LogP contribution in [0.25, 0.3) is 16.7 Å². The van der Waals surface area contributed by atoms with Crippen molar-refractivity contribution in [1.82, 2.24) is 0 Å². The van der Waals surface area contributed by atoms with E-state index in [4.69, 9.17) is 9.47 Å². The summed E-state index contributed by atoms with van der Waals surface area (Å²) >= 11 is 0. The minimum atomic E-state index is -1.44. The van der Waals surface area contributed by atoms with Gasteiger partial charge < -0.3 is 9.47 Å². The summed E-state index contributed by atoms with van der Waals surface area (Å²) in [6.07, 6.45) is 9.70. The summed E-state index contributed by atoms with van der Waals surface area (Å²) in [7, 11) is 0. The molecule has 0 bridgehead atoms. The topological polar surface area (TPSA) is 52.6 Å². The molecule has 0 aromatic heterocycles. The average Bonchev–Trinajstić information content (AvgIpc) is 2.91. The zero-order valence-corrected chi connectivity index (χ0v) is 22.2. The molecule has 0 saturated heterocycles. The fraction of sp³-hybridized carbons (Fsp3) is 0.438. The minimum Gasteiger partial charge on any atom is -0.464 e. The van der Waals surface area contributed by atoms with Crippen LogP contribution in [-0.2, 0) is 19.1 Å². The van der Waals surface area contributed by atoms with Gasteiger partial charge in [-0.3, -0.25) is 9.59 Å². The van der Waals surface area contributed by atoms with Crippen molar-refractivity contribution in [1.29, 1.82) is 0 Å². The van der Waals surface area contributed by atoms with E-state index in [1.807, 2.05) is 30.4 Å². The van der Waals surface area contributed by atoms with Crippen molar-refractivity contribution in [2.24, 2.45) is 17.3 Å².